The van der Waals surface area contributed by atoms with Gasteiger partial charge in [0.25, 0.3) is 0 Å². The van der Waals surface area contributed by atoms with E-state index < -0.39 is 0 Å². The largest absolute Gasteiger partial charge is 0.383 e. The highest BCUT2D eigenvalue weighted by atomic mass is 32.2. The van der Waals surface area contributed by atoms with Crippen molar-refractivity contribution in [2.75, 3.05) is 19.5 Å². The van der Waals surface area contributed by atoms with Crippen LogP contribution in [0.1, 0.15) is 5.56 Å². The quantitative estimate of drug-likeness (QED) is 0.589. The van der Waals surface area contributed by atoms with Crippen molar-refractivity contribution in [3.05, 3.63) is 60.4 Å². The molecule has 0 atom stereocenters. The first-order valence-electron chi connectivity index (χ1n) is 7.88. The van der Waals surface area contributed by atoms with Gasteiger partial charge >= 0.3 is 0 Å². The Balaban J connectivity index is 1.73. The lowest BCUT2D eigenvalue weighted by Gasteiger charge is -2.09. The molecule has 0 N–H and O–H groups in total. The standard InChI is InChI=1S/C18H20N4OS/c1-23-13-12-22-17(16-7-10-19-11-8-16)20-21-18(22)24-14-9-15-5-3-2-4-6-15/h2-8,10-11H,9,12-14H2,1H3. The lowest BCUT2D eigenvalue weighted by Crippen LogP contribution is -2.08. The van der Waals surface area contributed by atoms with Crippen molar-refractivity contribution in [1.29, 1.82) is 0 Å². The molecule has 0 aliphatic rings. The highest BCUT2D eigenvalue weighted by Gasteiger charge is 2.14. The summed E-state index contributed by atoms with van der Waals surface area (Å²) in [6, 6.07) is 14.4. The van der Waals surface area contributed by atoms with E-state index in [4.69, 9.17) is 4.74 Å². The van der Waals surface area contributed by atoms with E-state index >= 15 is 0 Å². The van der Waals surface area contributed by atoms with Crippen molar-refractivity contribution < 1.29 is 4.74 Å². The summed E-state index contributed by atoms with van der Waals surface area (Å²) in [6.45, 7) is 1.36. The van der Waals surface area contributed by atoms with Gasteiger partial charge in [-0.15, -0.1) is 10.2 Å². The molecular formula is C18H20N4OS. The number of ether oxygens (including phenoxy) is 1. The number of aryl methyl sites for hydroxylation is 1. The normalized spacial score (nSPS) is 10.9. The Morgan fingerprint density at radius 3 is 2.58 bits per heavy atom. The third-order valence-electron chi connectivity index (χ3n) is 3.64. The number of hydrogen-bond donors (Lipinski definition) is 0. The van der Waals surface area contributed by atoms with Gasteiger partial charge in [0.05, 0.1) is 13.2 Å². The molecule has 0 bridgehead atoms. The van der Waals surface area contributed by atoms with Gasteiger partial charge in [0, 0.05) is 30.8 Å². The van der Waals surface area contributed by atoms with E-state index in [0.717, 1.165) is 35.3 Å². The molecule has 0 aliphatic heterocycles. The van der Waals surface area contributed by atoms with Crippen molar-refractivity contribution in [2.24, 2.45) is 0 Å². The molecule has 0 amide bonds. The zero-order valence-corrected chi connectivity index (χ0v) is 14.4. The third kappa shape index (κ3) is 4.21. The van der Waals surface area contributed by atoms with Gasteiger partial charge in [-0.3, -0.25) is 9.55 Å². The molecule has 6 heteroatoms. The summed E-state index contributed by atoms with van der Waals surface area (Å²) in [5.41, 5.74) is 2.35. The maximum absolute atomic E-state index is 5.24. The Kier molecular flexibility index (Phi) is 5.98. The Labute approximate surface area is 146 Å². The van der Waals surface area contributed by atoms with Crippen LogP contribution in [-0.4, -0.2) is 39.2 Å². The van der Waals surface area contributed by atoms with Gasteiger partial charge in [0.15, 0.2) is 11.0 Å². The van der Waals surface area contributed by atoms with Gasteiger partial charge in [-0.25, -0.2) is 0 Å². The fraction of sp³-hybridized carbons (Fsp3) is 0.278. The maximum atomic E-state index is 5.24. The number of thioether (sulfide) groups is 1. The minimum atomic E-state index is 0.627. The molecule has 0 fully saturated rings. The van der Waals surface area contributed by atoms with Crippen LogP contribution in [0.25, 0.3) is 11.4 Å². The van der Waals surface area contributed by atoms with Gasteiger partial charge in [-0.1, -0.05) is 42.1 Å². The Hall–Kier alpha value is -2.18. The lowest BCUT2D eigenvalue weighted by molar-refractivity contribution is 0.185. The second-order valence-electron chi connectivity index (χ2n) is 5.27. The fourth-order valence-electron chi connectivity index (χ4n) is 2.40. The molecule has 3 aromatic rings. The first kappa shape index (κ1) is 16.7. The van der Waals surface area contributed by atoms with Crippen LogP contribution < -0.4 is 0 Å². The van der Waals surface area contributed by atoms with Crippen molar-refractivity contribution in [1.82, 2.24) is 19.7 Å². The highest BCUT2D eigenvalue weighted by Crippen LogP contribution is 2.24. The molecule has 1 aromatic carbocycles. The lowest BCUT2D eigenvalue weighted by atomic mass is 10.2. The summed E-state index contributed by atoms with van der Waals surface area (Å²) in [7, 11) is 1.71. The van der Waals surface area contributed by atoms with Gasteiger partial charge < -0.3 is 4.74 Å². The van der Waals surface area contributed by atoms with E-state index in [0.29, 0.717) is 6.61 Å². The van der Waals surface area contributed by atoms with Crippen LogP contribution >= 0.6 is 11.8 Å². The number of methoxy groups -OCH3 is 1. The summed E-state index contributed by atoms with van der Waals surface area (Å²) in [5, 5.41) is 9.68. The average molecular weight is 340 g/mol. The molecule has 24 heavy (non-hydrogen) atoms. The van der Waals surface area contributed by atoms with E-state index in [1.54, 1.807) is 31.3 Å². The summed E-state index contributed by atoms with van der Waals surface area (Å²) in [6.07, 6.45) is 4.55. The number of aromatic nitrogens is 4. The fourth-order valence-corrected chi connectivity index (χ4v) is 3.35. The number of nitrogens with zero attached hydrogens (tertiary/aromatic N) is 4. The second kappa shape index (κ2) is 8.61. The zero-order chi connectivity index (χ0) is 16.6. The number of hydrogen-bond acceptors (Lipinski definition) is 5. The van der Waals surface area contributed by atoms with Crippen LogP contribution in [0.5, 0.6) is 0 Å². The van der Waals surface area contributed by atoms with E-state index in [1.807, 2.05) is 18.2 Å². The topological polar surface area (TPSA) is 52.8 Å². The molecular weight excluding hydrogens is 320 g/mol. The van der Waals surface area contributed by atoms with Crippen LogP contribution in [-0.2, 0) is 17.7 Å². The summed E-state index contributed by atoms with van der Waals surface area (Å²) in [5.74, 6) is 1.82. The average Bonchev–Trinajstić information content (AvgIpc) is 3.04. The molecule has 2 aromatic heterocycles. The van der Waals surface area contributed by atoms with Gasteiger partial charge in [0.2, 0.25) is 0 Å². The van der Waals surface area contributed by atoms with Gasteiger partial charge in [0.1, 0.15) is 0 Å². The number of pyridine rings is 1. The molecule has 0 saturated heterocycles. The predicted octanol–water partition coefficient (Wildman–Crippen LogP) is 3.32. The van der Waals surface area contributed by atoms with E-state index in [-0.39, 0.29) is 0 Å². The maximum Gasteiger partial charge on any atom is 0.191 e. The van der Waals surface area contributed by atoms with Crippen molar-refractivity contribution in [2.45, 2.75) is 18.1 Å². The van der Waals surface area contributed by atoms with Crippen LogP contribution in [0.15, 0.2) is 60.0 Å². The van der Waals surface area contributed by atoms with Crippen LogP contribution in [0.3, 0.4) is 0 Å². The van der Waals surface area contributed by atoms with E-state index in [9.17, 15) is 0 Å². The van der Waals surface area contributed by atoms with Crippen molar-refractivity contribution in [3.8, 4) is 11.4 Å². The zero-order valence-electron chi connectivity index (χ0n) is 13.6. The van der Waals surface area contributed by atoms with Gasteiger partial charge in [-0.2, -0.15) is 0 Å². The minimum Gasteiger partial charge on any atom is -0.383 e. The first-order valence-corrected chi connectivity index (χ1v) is 8.86. The Morgan fingerprint density at radius 2 is 1.83 bits per heavy atom. The molecule has 0 radical (unpaired) electrons. The third-order valence-corrected chi connectivity index (χ3v) is 4.61. The summed E-state index contributed by atoms with van der Waals surface area (Å²) >= 11 is 1.73. The molecule has 5 nitrogen and oxygen atoms in total. The van der Waals surface area contributed by atoms with Crippen molar-refractivity contribution >= 4 is 11.8 Å². The van der Waals surface area contributed by atoms with Crippen LogP contribution in [0.4, 0.5) is 0 Å². The van der Waals surface area contributed by atoms with E-state index in [2.05, 4.69) is 44.0 Å². The molecule has 124 valence electrons. The Morgan fingerprint density at radius 1 is 1.04 bits per heavy atom. The highest BCUT2D eigenvalue weighted by molar-refractivity contribution is 7.99. The van der Waals surface area contributed by atoms with Crippen LogP contribution in [0.2, 0.25) is 0 Å². The second-order valence-corrected chi connectivity index (χ2v) is 6.33. The molecule has 0 spiro atoms. The predicted molar refractivity (Wildman–Crippen MR) is 96.0 cm³/mol. The summed E-state index contributed by atoms with van der Waals surface area (Å²) in [4.78, 5) is 4.07. The van der Waals surface area contributed by atoms with Crippen LogP contribution in [0, 0.1) is 0 Å². The summed E-state index contributed by atoms with van der Waals surface area (Å²) < 4.78 is 7.36. The molecule has 0 saturated carbocycles. The first-order chi connectivity index (χ1) is 11.9. The number of benzene rings is 1. The molecule has 2 heterocycles. The minimum absolute atomic E-state index is 0.627. The monoisotopic (exact) mass is 340 g/mol. The number of rotatable bonds is 8. The molecule has 3 rings (SSSR count). The van der Waals surface area contributed by atoms with Crippen molar-refractivity contribution in [3.63, 3.8) is 0 Å². The Bertz CT molecular complexity index is 746. The smallest absolute Gasteiger partial charge is 0.191 e. The van der Waals surface area contributed by atoms with E-state index in [1.165, 1.54) is 5.56 Å². The molecule has 0 aliphatic carbocycles. The van der Waals surface area contributed by atoms with Gasteiger partial charge in [-0.05, 0) is 24.1 Å². The molecule has 0 unspecified atom stereocenters. The SMILES string of the molecule is COCCn1c(SCCc2ccccc2)nnc1-c1ccncc1.